The SMILES string of the molecule is CCOc1ccc(-c2nnc(SCc3cc(OC)ccc3OC)n2N)cc1. The van der Waals surface area contributed by atoms with Crippen molar-refractivity contribution in [2.24, 2.45) is 0 Å². The van der Waals surface area contributed by atoms with Crippen LogP contribution in [-0.2, 0) is 5.75 Å². The molecule has 0 aliphatic rings. The first-order valence-corrected chi connectivity index (χ1v) is 9.42. The molecule has 0 aliphatic carbocycles. The van der Waals surface area contributed by atoms with Crippen LogP contribution in [0.1, 0.15) is 12.5 Å². The van der Waals surface area contributed by atoms with E-state index in [-0.39, 0.29) is 0 Å². The lowest BCUT2D eigenvalue weighted by atomic mass is 10.2. The van der Waals surface area contributed by atoms with E-state index in [4.69, 9.17) is 20.1 Å². The summed E-state index contributed by atoms with van der Waals surface area (Å²) < 4.78 is 17.7. The first-order valence-electron chi connectivity index (χ1n) is 8.43. The maximum absolute atomic E-state index is 6.21. The maximum atomic E-state index is 6.21. The van der Waals surface area contributed by atoms with Crippen LogP contribution in [0.5, 0.6) is 17.2 Å². The summed E-state index contributed by atoms with van der Waals surface area (Å²) in [5, 5.41) is 9.05. The number of hydrogen-bond acceptors (Lipinski definition) is 7. The van der Waals surface area contributed by atoms with E-state index in [1.54, 1.807) is 14.2 Å². The zero-order valence-electron chi connectivity index (χ0n) is 15.5. The number of thioether (sulfide) groups is 1. The monoisotopic (exact) mass is 386 g/mol. The number of rotatable bonds is 8. The Morgan fingerprint density at radius 1 is 1.00 bits per heavy atom. The number of aromatic nitrogens is 3. The van der Waals surface area contributed by atoms with Crippen molar-refractivity contribution >= 4 is 11.8 Å². The molecule has 0 saturated carbocycles. The minimum absolute atomic E-state index is 0.596. The molecular formula is C19H22N4O3S. The van der Waals surface area contributed by atoms with E-state index in [1.165, 1.54) is 16.4 Å². The van der Waals surface area contributed by atoms with Crippen LogP contribution in [0.25, 0.3) is 11.4 Å². The molecule has 2 N–H and O–H groups in total. The molecule has 2 aromatic carbocycles. The Morgan fingerprint density at radius 3 is 2.41 bits per heavy atom. The molecule has 0 radical (unpaired) electrons. The number of ether oxygens (including phenoxy) is 3. The molecule has 0 amide bonds. The Kier molecular flexibility index (Phi) is 6.08. The Hall–Kier alpha value is -2.87. The molecule has 7 nitrogen and oxygen atoms in total. The lowest BCUT2D eigenvalue weighted by Gasteiger charge is -2.10. The van der Waals surface area contributed by atoms with Gasteiger partial charge in [-0.2, -0.15) is 0 Å². The Labute approximate surface area is 162 Å². The largest absolute Gasteiger partial charge is 0.497 e. The van der Waals surface area contributed by atoms with E-state index in [0.717, 1.165) is 28.4 Å². The summed E-state index contributed by atoms with van der Waals surface area (Å²) in [5.41, 5.74) is 1.87. The molecule has 0 spiro atoms. The van der Waals surface area contributed by atoms with E-state index in [1.807, 2.05) is 49.4 Å². The number of nitrogen functional groups attached to an aromatic ring is 1. The van der Waals surface area contributed by atoms with Gasteiger partial charge in [0, 0.05) is 16.9 Å². The smallest absolute Gasteiger partial charge is 0.210 e. The molecule has 1 heterocycles. The molecule has 0 bridgehead atoms. The van der Waals surface area contributed by atoms with Gasteiger partial charge in [0.05, 0.1) is 20.8 Å². The summed E-state index contributed by atoms with van der Waals surface area (Å²) in [5.74, 6) is 9.80. The van der Waals surface area contributed by atoms with Crippen LogP contribution in [0.2, 0.25) is 0 Å². The van der Waals surface area contributed by atoms with Gasteiger partial charge in [-0.1, -0.05) is 11.8 Å². The normalized spacial score (nSPS) is 10.6. The molecule has 27 heavy (non-hydrogen) atoms. The van der Waals surface area contributed by atoms with Crippen LogP contribution in [0, 0.1) is 0 Å². The van der Waals surface area contributed by atoms with Crippen LogP contribution in [0.4, 0.5) is 0 Å². The highest BCUT2D eigenvalue weighted by Crippen LogP contribution is 2.31. The van der Waals surface area contributed by atoms with Crippen molar-refractivity contribution in [1.29, 1.82) is 0 Å². The van der Waals surface area contributed by atoms with Crippen molar-refractivity contribution in [2.75, 3.05) is 26.7 Å². The third kappa shape index (κ3) is 4.28. The van der Waals surface area contributed by atoms with Crippen LogP contribution in [0.3, 0.4) is 0 Å². The summed E-state index contributed by atoms with van der Waals surface area (Å²) >= 11 is 1.48. The average molecular weight is 386 g/mol. The third-order valence-electron chi connectivity index (χ3n) is 3.93. The van der Waals surface area contributed by atoms with Gasteiger partial charge in [0.15, 0.2) is 5.82 Å². The number of nitrogens with two attached hydrogens (primary N) is 1. The fraction of sp³-hybridized carbons (Fsp3) is 0.263. The molecular weight excluding hydrogens is 364 g/mol. The number of methoxy groups -OCH3 is 2. The number of nitrogens with zero attached hydrogens (tertiary/aromatic N) is 3. The summed E-state index contributed by atoms with van der Waals surface area (Å²) in [7, 11) is 3.28. The molecule has 3 aromatic rings. The first kappa shape index (κ1) is 18.9. The second-order valence-electron chi connectivity index (χ2n) is 5.60. The summed E-state index contributed by atoms with van der Waals surface area (Å²) in [6, 6.07) is 13.3. The van der Waals surface area contributed by atoms with Crippen LogP contribution in [0.15, 0.2) is 47.6 Å². The molecule has 0 fully saturated rings. The van der Waals surface area contributed by atoms with Gasteiger partial charge in [0.1, 0.15) is 17.2 Å². The van der Waals surface area contributed by atoms with E-state index < -0.39 is 0 Å². The van der Waals surface area contributed by atoms with Gasteiger partial charge >= 0.3 is 0 Å². The molecule has 8 heteroatoms. The van der Waals surface area contributed by atoms with Crippen molar-refractivity contribution in [3.05, 3.63) is 48.0 Å². The first-order chi connectivity index (χ1) is 13.2. The highest BCUT2D eigenvalue weighted by atomic mass is 32.2. The zero-order valence-corrected chi connectivity index (χ0v) is 16.3. The highest BCUT2D eigenvalue weighted by molar-refractivity contribution is 7.98. The quantitative estimate of drug-likeness (QED) is 0.469. The fourth-order valence-corrected chi connectivity index (χ4v) is 3.41. The van der Waals surface area contributed by atoms with E-state index in [2.05, 4.69) is 10.2 Å². The predicted molar refractivity (Wildman–Crippen MR) is 106 cm³/mol. The van der Waals surface area contributed by atoms with Gasteiger partial charge < -0.3 is 20.1 Å². The van der Waals surface area contributed by atoms with Crippen molar-refractivity contribution in [3.63, 3.8) is 0 Å². The highest BCUT2D eigenvalue weighted by Gasteiger charge is 2.14. The molecule has 1 aromatic heterocycles. The van der Waals surface area contributed by atoms with Crippen molar-refractivity contribution in [3.8, 4) is 28.6 Å². The summed E-state index contributed by atoms with van der Waals surface area (Å²) in [6.07, 6.45) is 0. The standard InChI is InChI=1S/C19H22N4O3S/c1-4-26-15-7-5-13(6-8-15)18-21-22-19(23(18)20)27-12-14-11-16(24-2)9-10-17(14)25-3/h5-11H,4,12,20H2,1-3H3. The van der Waals surface area contributed by atoms with Gasteiger partial charge in [-0.05, 0) is 49.4 Å². The van der Waals surface area contributed by atoms with Crippen LogP contribution in [-0.4, -0.2) is 35.7 Å². The molecule has 0 aliphatic heterocycles. The Balaban J connectivity index is 1.76. The molecule has 0 atom stereocenters. The van der Waals surface area contributed by atoms with Crippen LogP contribution >= 0.6 is 11.8 Å². The lowest BCUT2D eigenvalue weighted by Crippen LogP contribution is -2.11. The van der Waals surface area contributed by atoms with Crippen LogP contribution < -0.4 is 20.1 Å². The predicted octanol–water partition coefficient (Wildman–Crippen LogP) is 3.37. The van der Waals surface area contributed by atoms with Crippen molar-refractivity contribution < 1.29 is 14.2 Å². The average Bonchev–Trinajstić information content (AvgIpc) is 3.07. The van der Waals surface area contributed by atoms with Crippen molar-refractivity contribution in [2.45, 2.75) is 17.8 Å². The minimum atomic E-state index is 0.596. The molecule has 0 unspecified atom stereocenters. The van der Waals surface area contributed by atoms with E-state index >= 15 is 0 Å². The summed E-state index contributed by atoms with van der Waals surface area (Å²) in [6.45, 7) is 2.58. The lowest BCUT2D eigenvalue weighted by molar-refractivity contribution is 0.340. The van der Waals surface area contributed by atoms with Gasteiger partial charge in [0.2, 0.25) is 5.16 Å². The maximum Gasteiger partial charge on any atom is 0.210 e. The van der Waals surface area contributed by atoms with Gasteiger partial charge in [0.25, 0.3) is 0 Å². The third-order valence-corrected chi connectivity index (χ3v) is 4.92. The van der Waals surface area contributed by atoms with Gasteiger partial charge in [-0.3, -0.25) is 0 Å². The van der Waals surface area contributed by atoms with Gasteiger partial charge in [-0.25, -0.2) is 4.68 Å². The van der Waals surface area contributed by atoms with E-state index in [9.17, 15) is 0 Å². The molecule has 3 rings (SSSR count). The van der Waals surface area contributed by atoms with Crippen molar-refractivity contribution in [1.82, 2.24) is 14.9 Å². The second kappa shape index (κ2) is 8.68. The second-order valence-corrected chi connectivity index (χ2v) is 6.54. The fourth-order valence-electron chi connectivity index (χ4n) is 2.58. The van der Waals surface area contributed by atoms with Gasteiger partial charge in [-0.15, -0.1) is 10.2 Å². The minimum Gasteiger partial charge on any atom is -0.497 e. The summed E-state index contributed by atoms with van der Waals surface area (Å²) in [4.78, 5) is 0. The topological polar surface area (TPSA) is 84.4 Å². The van der Waals surface area contributed by atoms with E-state index in [0.29, 0.717) is 23.3 Å². The number of benzene rings is 2. The number of hydrogen-bond donors (Lipinski definition) is 1. The molecule has 0 saturated heterocycles. The Bertz CT molecular complexity index is 896. The Morgan fingerprint density at radius 2 is 1.74 bits per heavy atom. The molecule has 142 valence electrons. The zero-order chi connectivity index (χ0) is 19.2.